The Morgan fingerprint density at radius 1 is 1.38 bits per heavy atom. The van der Waals surface area contributed by atoms with Gasteiger partial charge in [-0.25, -0.2) is 4.68 Å². The predicted molar refractivity (Wildman–Crippen MR) is 64.2 cm³/mol. The fourth-order valence-corrected chi connectivity index (χ4v) is 1.60. The van der Waals surface area contributed by atoms with Gasteiger partial charge in [-0.1, -0.05) is 11.6 Å². The molecule has 0 amide bonds. The van der Waals surface area contributed by atoms with Crippen LogP contribution in [-0.2, 0) is 6.42 Å². The largest absolute Gasteiger partial charge is 0.330 e. The highest BCUT2D eigenvalue weighted by molar-refractivity contribution is 6.30. The molecule has 0 aliphatic carbocycles. The van der Waals surface area contributed by atoms with Crippen LogP contribution in [0.1, 0.15) is 5.56 Å². The van der Waals surface area contributed by atoms with Gasteiger partial charge in [0.1, 0.15) is 6.33 Å². The van der Waals surface area contributed by atoms with Crippen LogP contribution in [0.25, 0.3) is 5.69 Å². The van der Waals surface area contributed by atoms with Crippen molar-refractivity contribution in [3.63, 3.8) is 0 Å². The van der Waals surface area contributed by atoms with E-state index in [2.05, 4.69) is 15.5 Å². The summed E-state index contributed by atoms with van der Waals surface area (Å²) in [6.45, 7) is 0.565. The lowest BCUT2D eigenvalue weighted by molar-refractivity contribution is 0.778. The van der Waals surface area contributed by atoms with Gasteiger partial charge in [0.05, 0.1) is 5.69 Å². The Morgan fingerprint density at radius 3 is 2.81 bits per heavy atom. The van der Waals surface area contributed by atoms with Crippen LogP contribution in [0.5, 0.6) is 0 Å². The van der Waals surface area contributed by atoms with Crippen molar-refractivity contribution in [2.45, 2.75) is 6.42 Å². The maximum absolute atomic E-state index is 5.91. The van der Waals surface area contributed by atoms with Gasteiger partial charge in [0.2, 0.25) is 0 Å². The number of aromatic nitrogens is 4. The maximum Gasteiger partial charge on any atom is 0.143 e. The Kier molecular flexibility index (Phi) is 4.67. The lowest BCUT2D eigenvalue weighted by Gasteiger charge is -2.07. The van der Waals surface area contributed by atoms with E-state index in [0.717, 1.165) is 17.7 Å². The van der Waals surface area contributed by atoms with E-state index in [1.165, 1.54) is 0 Å². The first kappa shape index (κ1) is 12.9. The molecule has 0 aliphatic heterocycles. The Labute approximate surface area is 104 Å². The fraction of sp³-hybridized carbons (Fsp3) is 0.222. The summed E-state index contributed by atoms with van der Waals surface area (Å²) >= 11 is 5.91. The number of benzene rings is 1. The van der Waals surface area contributed by atoms with Gasteiger partial charge in [0, 0.05) is 5.02 Å². The molecule has 0 bridgehead atoms. The first-order valence-electron chi connectivity index (χ1n) is 4.53. The quantitative estimate of drug-likeness (QED) is 0.901. The lowest BCUT2D eigenvalue weighted by atomic mass is 10.1. The molecule has 7 heteroatoms. The van der Waals surface area contributed by atoms with Crippen LogP contribution in [-0.4, -0.2) is 26.8 Å². The SMILES string of the molecule is Cl.NCCc1cc(Cl)ccc1-n1cnnn1. The van der Waals surface area contributed by atoms with Crippen LogP contribution < -0.4 is 5.73 Å². The van der Waals surface area contributed by atoms with Crippen LogP contribution in [0.15, 0.2) is 24.5 Å². The van der Waals surface area contributed by atoms with Gasteiger partial charge >= 0.3 is 0 Å². The van der Waals surface area contributed by atoms with Crippen LogP contribution >= 0.6 is 24.0 Å². The standard InChI is InChI=1S/C9H10ClN5.ClH/c10-8-1-2-9(7(5-8)3-4-11)15-6-12-13-14-15;/h1-2,5-6H,3-4,11H2;1H. The van der Waals surface area contributed by atoms with E-state index in [9.17, 15) is 0 Å². The number of hydrogen-bond donors (Lipinski definition) is 1. The molecular weight excluding hydrogens is 249 g/mol. The normalized spacial score (nSPS) is 9.88. The molecule has 1 heterocycles. The molecule has 0 spiro atoms. The number of hydrogen-bond acceptors (Lipinski definition) is 4. The van der Waals surface area contributed by atoms with Crippen molar-refractivity contribution in [2.75, 3.05) is 6.54 Å². The van der Waals surface area contributed by atoms with Gasteiger partial charge in [-0.3, -0.25) is 0 Å². The summed E-state index contributed by atoms with van der Waals surface area (Å²) in [6.07, 6.45) is 2.29. The zero-order chi connectivity index (χ0) is 10.7. The molecule has 0 saturated carbocycles. The average molecular weight is 260 g/mol. The monoisotopic (exact) mass is 259 g/mol. The molecule has 86 valence electrons. The summed E-state index contributed by atoms with van der Waals surface area (Å²) in [5, 5.41) is 11.7. The third-order valence-electron chi connectivity index (χ3n) is 2.05. The molecule has 16 heavy (non-hydrogen) atoms. The van der Waals surface area contributed by atoms with Crippen molar-refractivity contribution in [1.29, 1.82) is 0 Å². The highest BCUT2D eigenvalue weighted by Gasteiger charge is 2.05. The topological polar surface area (TPSA) is 69.6 Å². The summed E-state index contributed by atoms with van der Waals surface area (Å²) in [5.41, 5.74) is 7.48. The number of halogens is 2. The fourth-order valence-electron chi connectivity index (χ4n) is 1.40. The second-order valence-electron chi connectivity index (χ2n) is 3.07. The zero-order valence-corrected chi connectivity index (χ0v) is 9.95. The van der Waals surface area contributed by atoms with Crippen molar-refractivity contribution < 1.29 is 0 Å². The summed E-state index contributed by atoms with van der Waals surface area (Å²) in [5.74, 6) is 0. The molecule has 0 saturated heterocycles. The van der Waals surface area contributed by atoms with Crippen LogP contribution in [0.2, 0.25) is 5.02 Å². The van der Waals surface area contributed by atoms with Gasteiger partial charge in [0.25, 0.3) is 0 Å². The molecule has 5 nitrogen and oxygen atoms in total. The molecule has 2 N–H and O–H groups in total. The maximum atomic E-state index is 5.91. The summed E-state index contributed by atoms with van der Waals surface area (Å²) in [4.78, 5) is 0. The molecule has 1 aromatic heterocycles. The first-order valence-corrected chi connectivity index (χ1v) is 4.91. The minimum absolute atomic E-state index is 0. The van der Waals surface area contributed by atoms with E-state index in [4.69, 9.17) is 17.3 Å². The van der Waals surface area contributed by atoms with Gasteiger partial charge < -0.3 is 5.73 Å². The number of rotatable bonds is 3. The lowest BCUT2D eigenvalue weighted by Crippen LogP contribution is -2.07. The summed E-state index contributed by atoms with van der Waals surface area (Å²) < 4.78 is 1.60. The predicted octanol–water partition coefficient (Wildman–Crippen LogP) is 1.24. The van der Waals surface area contributed by atoms with Gasteiger partial charge in [-0.2, -0.15) is 0 Å². The third kappa shape index (κ3) is 2.69. The highest BCUT2D eigenvalue weighted by Crippen LogP contribution is 2.18. The first-order chi connectivity index (χ1) is 7.31. The molecule has 0 fully saturated rings. The van der Waals surface area contributed by atoms with E-state index in [0.29, 0.717) is 11.6 Å². The van der Waals surface area contributed by atoms with Crippen molar-refractivity contribution in [3.05, 3.63) is 35.1 Å². The molecule has 0 aliphatic rings. The molecule has 2 aromatic rings. The van der Waals surface area contributed by atoms with E-state index >= 15 is 0 Å². The van der Waals surface area contributed by atoms with Crippen molar-refractivity contribution in [2.24, 2.45) is 5.73 Å². The number of nitrogens with two attached hydrogens (primary N) is 1. The smallest absolute Gasteiger partial charge is 0.143 e. The molecule has 0 atom stereocenters. The van der Waals surface area contributed by atoms with Crippen molar-refractivity contribution in [1.82, 2.24) is 20.2 Å². The molecular formula is C9H11Cl2N5. The molecule has 0 radical (unpaired) electrons. The Balaban J connectivity index is 0.00000128. The average Bonchev–Trinajstić information content (AvgIpc) is 2.71. The number of nitrogens with zero attached hydrogens (tertiary/aromatic N) is 4. The third-order valence-corrected chi connectivity index (χ3v) is 2.29. The van der Waals surface area contributed by atoms with Gasteiger partial charge in [-0.05, 0) is 47.2 Å². The zero-order valence-electron chi connectivity index (χ0n) is 8.38. The van der Waals surface area contributed by atoms with E-state index in [-0.39, 0.29) is 12.4 Å². The van der Waals surface area contributed by atoms with E-state index < -0.39 is 0 Å². The summed E-state index contributed by atoms with van der Waals surface area (Å²) in [6, 6.07) is 5.56. The highest BCUT2D eigenvalue weighted by atomic mass is 35.5. The van der Waals surface area contributed by atoms with E-state index in [1.54, 1.807) is 17.1 Å². The van der Waals surface area contributed by atoms with Gasteiger partial charge in [-0.15, -0.1) is 17.5 Å². The van der Waals surface area contributed by atoms with Crippen LogP contribution in [0, 0.1) is 0 Å². The Morgan fingerprint density at radius 2 is 2.19 bits per heavy atom. The van der Waals surface area contributed by atoms with Gasteiger partial charge in [0.15, 0.2) is 0 Å². The minimum Gasteiger partial charge on any atom is -0.330 e. The van der Waals surface area contributed by atoms with Crippen molar-refractivity contribution in [3.8, 4) is 5.69 Å². The van der Waals surface area contributed by atoms with Crippen LogP contribution in [0.4, 0.5) is 0 Å². The second-order valence-corrected chi connectivity index (χ2v) is 3.50. The summed E-state index contributed by atoms with van der Waals surface area (Å²) in [7, 11) is 0. The Bertz CT molecular complexity index is 443. The molecule has 2 rings (SSSR count). The van der Waals surface area contributed by atoms with E-state index in [1.807, 2.05) is 12.1 Å². The minimum atomic E-state index is 0. The molecule has 1 aromatic carbocycles. The van der Waals surface area contributed by atoms with Crippen LogP contribution in [0.3, 0.4) is 0 Å². The number of tetrazole rings is 1. The Hall–Kier alpha value is -1.17. The molecule has 0 unspecified atom stereocenters. The van der Waals surface area contributed by atoms with Crippen molar-refractivity contribution >= 4 is 24.0 Å². The second kappa shape index (κ2) is 5.79.